The van der Waals surface area contributed by atoms with Crippen molar-refractivity contribution in [2.75, 3.05) is 5.32 Å². The highest BCUT2D eigenvalue weighted by atomic mass is 35.5. The summed E-state index contributed by atoms with van der Waals surface area (Å²) < 4.78 is 29.7. The van der Waals surface area contributed by atoms with E-state index < -0.39 is 27.2 Å². The number of carboxylic acid groups (broad SMARTS) is 1. The molecule has 0 aliphatic rings. The first-order valence-electron chi connectivity index (χ1n) is 10.1. The third-order valence-electron chi connectivity index (χ3n) is 5.37. The first kappa shape index (κ1) is 23.9. The largest absolute Gasteiger partial charge is 0.481 e. The minimum Gasteiger partial charge on any atom is -0.481 e. The number of amides is 1. The molecule has 2 aromatic carbocycles. The van der Waals surface area contributed by atoms with Crippen molar-refractivity contribution in [2.45, 2.75) is 25.0 Å². The number of halogens is 1. The number of hydrogen-bond donors (Lipinski definition) is 2. The second-order valence-corrected chi connectivity index (χ2v) is 11.1. The van der Waals surface area contributed by atoms with E-state index in [9.17, 15) is 23.1 Å². The summed E-state index contributed by atoms with van der Waals surface area (Å²) in [6, 6.07) is 11.2. The molecule has 0 saturated carbocycles. The summed E-state index contributed by atoms with van der Waals surface area (Å²) in [6.45, 7) is 6.55. The monoisotopic (exact) mass is 517 g/mol. The van der Waals surface area contributed by atoms with Gasteiger partial charge in [-0.05, 0) is 48.9 Å². The van der Waals surface area contributed by atoms with Gasteiger partial charge in [0.05, 0.1) is 21.7 Å². The van der Waals surface area contributed by atoms with Crippen LogP contribution in [0, 0.1) is 0 Å². The predicted molar refractivity (Wildman–Crippen MR) is 134 cm³/mol. The van der Waals surface area contributed by atoms with Crippen LogP contribution in [0.2, 0.25) is 5.02 Å². The number of aromatic nitrogens is 2. The van der Waals surface area contributed by atoms with Crippen molar-refractivity contribution in [1.82, 2.24) is 8.96 Å². The van der Waals surface area contributed by atoms with E-state index in [-0.39, 0.29) is 11.6 Å². The van der Waals surface area contributed by atoms with Gasteiger partial charge in [-0.1, -0.05) is 35.1 Å². The first-order valence-corrected chi connectivity index (χ1v) is 12.8. The van der Waals surface area contributed by atoms with Crippen LogP contribution in [-0.4, -0.2) is 34.4 Å². The van der Waals surface area contributed by atoms with Crippen LogP contribution in [0.15, 0.2) is 55.1 Å². The Balaban J connectivity index is 1.89. The van der Waals surface area contributed by atoms with Gasteiger partial charge in [0.1, 0.15) is 5.25 Å². The Morgan fingerprint density at radius 2 is 1.97 bits per heavy atom. The highest BCUT2D eigenvalue weighted by molar-refractivity contribution is 7.90. The molecule has 2 N–H and O–H groups in total. The topological polar surface area (TPSA) is 118 Å². The summed E-state index contributed by atoms with van der Waals surface area (Å²) in [7, 11) is -4.18. The molecule has 2 heterocycles. The van der Waals surface area contributed by atoms with Gasteiger partial charge in [-0.25, -0.2) is 17.4 Å². The number of aliphatic carboxylic acids is 1. The molecular formula is C23H20ClN3O5S2. The van der Waals surface area contributed by atoms with Crippen molar-refractivity contribution in [3.8, 4) is 0 Å². The van der Waals surface area contributed by atoms with Crippen molar-refractivity contribution in [3.63, 3.8) is 0 Å². The summed E-state index contributed by atoms with van der Waals surface area (Å²) in [6.07, 6.45) is 1.31. The molecule has 176 valence electrons. The molecule has 8 nitrogen and oxygen atoms in total. The molecule has 2 aromatic heterocycles. The van der Waals surface area contributed by atoms with Crippen molar-refractivity contribution >= 4 is 71.1 Å². The summed E-state index contributed by atoms with van der Waals surface area (Å²) >= 11 is 7.31. The van der Waals surface area contributed by atoms with E-state index >= 15 is 0 Å². The SMILES string of the molecule is C=CC(c1ccc2nc(NC(C)=O)sc2c1)S(=O)(=O)n1c(C(C)C(=O)O)cc2cc(Cl)ccc21. The number of benzene rings is 2. The Bertz CT molecular complexity index is 1570. The molecule has 0 radical (unpaired) electrons. The van der Waals surface area contributed by atoms with E-state index in [4.69, 9.17) is 11.6 Å². The first-order chi connectivity index (χ1) is 16.0. The minimum atomic E-state index is -4.18. The number of nitrogens with zero attached hydrogens (tertiary/aromatic N) is 2. The number of hydrogen-bond acceptors (Lipinski definition) is 6. The van der Waals surface area contributed by atoms with Gasteiger partial charge in [-0.3, -0.25) is 9.59 Å². The maximum atomic E-state index is 14.0. The molecule has 2 atom stereocenters. The molecule has 0 fully saturated rings. The second-order valence-electron chi connectivity index (χ2n) is 7.73. The highest BCUT2D eigenvalue weighted by Gasteiger charge is 2.33. The lowest BCUT2D eigenvalue weighted by atomic mass is 10.1. The van der Waals surface area contributed by atoms with Gasteiger partial charge in [-0.15, -0.1) is 6.58 Å². The number of carbonyl (C=O) groups excluding carboxylic acids is 1. The van der Waals surface area contributed by atoms with E-state index in [1.807, 2.05) is 0 Å². The predicted octanol–water partition coefficient (Wildman–Crippen LogP) is 5.16. The molecule has 0 spiro atoms. The van der Waals surface area contributed by atoms with Crippen LogP contribution in [-0.2, 0) is 19.6 Å². The third-order valence-corrected chi connectivity index (χ3v) is 8.57. The standard InChI is InChI=1S/C23H20ClN3O5S2/c1-4-21(14-5-7-17-20(11-14)33-23(26-17)25-13(3)28)34(31,32)27-18-8-6-16(24)9-15(18)10-19(27)12(2)22(29)30/h4-12,21H,1H2,2-3H3,(H,29,30)(H,25,26,28). The summed E-state index contributed by atoms with van der Waals surface area (Å²) in [4.78, 5) is 27.4. The molecule has 34 heavy (non-hydrogen) atoms. The summed E-state index contributed by atoms with van der Waals surface area (Å²) in [5.74, 6) is -2.50. The number of carbonyl (C=O) groups is 2. The van der Waals surface area contributed by atoms with E-state index in [1.165, 1.54) is 37.3 Å². The highest BCUT2D eigenvalue weighted by Crippen LogP contribution is 2.36. The smallest absolute Gasteiger partial charge is 0.312 e. The zero-order valence-corrected chi connectivity index (χ0v) is 20.5. The number of rotatable bonds is 7. The van der Waals surface area contributed by atoms with Crippen molar-refractivity contribution < 1.29 is 23.1 Å². The maximum absolute atomic E-state index is 14.0. The second kappa shape index (κ2) is 8.86. The lowest BCUT2D eigenvalue weighted by Gasteiger charge is -2.20. The Hall–Kier alpha value is -3.21. The number of carboxylic acids is 1. The maximum Gasteiger partial charge on any atom is 0.312 e. The minimum absolute atomic E-state index is 0.114. The molecule has 11 heteroatoms. The van der Waals surface area contributed by atoms with Crippen LogP contribution in [0.5, 0.6) is 0 Å². The number of nitrogens with one attached hydrogen (secondary N) is 1. The van der Waals surface area contributed by atoms with Crippen LogP contribution in [0.3, 0.4) is 0 Å². The molecule has 2 unspecified atom stereocenters. The number of fused-ring (bicyclic) bond motifs is 2. The van der Waals surface area contributed by atoms with Crippen molar-refractivity contribution in [1.29, 1.82) is 0 Å². The molecule has 4 rings (SSSR count). The lowest BCUT2D eigenvalue weighted by molar-refractivity contribution is -0.138. The van der Waals surface area contributed by atoms with Gasteiger partial charge in [-0.2, -0.15) is 0 Å². The fourth-order valence-electron chi connectivity index (χ4n) is 3.76. The fourth-order valence-corrected chi connectivity index (χ4v) is 6.81. The normalized spacial score (nSPS) is 13.6. The van der Waals surface area contributed by atoms with Crippen molar-refractivity contribution in [2.24, 2.45) is 0 Å². The molecule has 1 amide bonds. The Labute approximate surface area is 204 Å². The molecule has 0 aliphatic heterocycles. The van der Waals surface area contributed by atoms with Gasteiger partial charge >= 0.3 is 5.97 Å². The van der Waals surface area contributed by atoms with E-state index in [0.717, 1.165) is 3.97 Å². The average molecular weight is 518 g/mol. The van der Waals surface area contributed by atoms with Gasteiger partial charge in [0.2, 0.25) is 15.9 Å². The molecule has 0 aliphatic carbocycles. The molecule has 0 saturated heterocycles. The number of thiazole rings is 1. The van der Waals surface area contributed by atoms with Crippen molar-refractivity contribution in [3.05, 3.63) is 71.4 Å². The lowest BCUT2D eigenvalue weighted by Crippen LogP contribution is -2.24. The fraction of sp³-hybridized carbons (Fsp3) is 0.174. The molecule has 4 aromatic rings. The third kappa shape index (κ3) is 4.20. The van der Waals surface area contributed by atoms with Gasteiger partial charge < -0.3 is 10.4 Å². The van der Waals surface area contributed by atoms with E-state index in [0.29, 0.717) is 36.8 Å². The van der Waals surface area contributed by atoms with Gasteiger partial charge in [0.25, 0.3) is 0 Å². The van der Waals surface area contributed by atoms with E-state index in [1.54, 1.807) is 36.4 Å². The summed E-state index contributed by atoms with van der Waals surface area (Å²) in [5.41, 5.74) is 1.49. The van der Waals surface area contributed by atoms with Gasteiger partial charge in [0, 0.05) is 23.0 Å². The Morgan fingerprint density at radius 3 is 2.62 bits per heavy atom. The van der Waals surface area contributed by atoms with Crippen LogP contribution < -0.4 is 5.32 Å². The van der Waals surface area contributed by atoms with Gasteiger partial charge in [0.15, 0.2) is 5.13 Å². The Kier molecular flexibility index (Phi) is 6.24. The zero-order valence-electron chi connectivity index (χ0n) is 18.1. The van der Waals surface area contributed by atoms with Crippen LogP contribution in [0.1, 0.15) is 36.3 Å². The Morgan fingerprint density at radius 1 is 1.24 bits per heavy atom. The molecule has 0 bridgehead atoms. The number of anilines is 1. The van der Waals surface area contributed by atoms with Crippen LogP contribution in [0.25, 0.3) is 21.1 Å². The average Bonchev–Trinajstić information content (AvgIpc) is 3.33. The summed E-state index contributed by atoms with van der Waals surface area (Å²) in [5, 5.41) is 12.4. The van der Waals surface area contributed by atoms with Crippen LogP contribution in [0.4, 0.5) is 5.13 Å². The van der Waals surface area contributed by atoms with E-state index in [2.05, 4.69) is 16.9 Å². The quantitative estimate of drug-likeness (QED) is 0.327. The zero-order chi connectivity index (χ0) is 24.8. The molecular weight excluding hydrogens is 498 g/mol. The van der Waals surface area contributed by atoms with Crippen LogP contribution >= 0.6 is 22.9 Å².